The third kappa shape index (κ3) is 4.74. The first kappa shape index (κ1) is 21.2. The molecule has 2 N–H and O–H groups in total. The summed E-state index contributed by atoms with van der Waals surface area (Å²) < 4.78 is 26.0. The number of rotatable bonds is 7. The minimum atomic E-state index is -2.72. The first-order valence-corrected chi connectivity index (χ1v) is 10.4. The topological polar surface area (TPSA) is 81.3 Å². The number of benzene rings is 3. The molecule has 3 aromatic carbocycles. The molecule has 150 valence electrons. The summed E-state index contributed by atoms with van der Waals surface area (Å²) >= 11 is 3.30. The van der Waals surface area contributed by atoms with Crippen LogP contribution in [0.15, 0.2) is 84.9 Å². The molecule has 0 heterocycles. The van der Waals surface area contributed by atoms with E-state index >= 15 is 0 Å². The highest BCUT2D eigenvalue weighted by atomic mass is 35.5. The highest BCUT2D eigenvalue weighted by Gasteiger charge is 2.43. The van der Waals surface area contributed by atoms with Gasteiger partial charge < -0.3 is 9.87 Å². The highest BCUT2D eigenvalue weighted by Crippen LogP contribution is 2.32. The summed E-state index contributed by atoms with van der Waals surface area (Å²) in [6, 6.07) is 24.4. The maximum atomic E-state index is 13.6. The van der Waals surface area contributed by atoms with Gasteiger partial charge in [0.15, 0.2) is 5.54 Å². The van der Waals surface area contributed by atoms with Gasteiger partial charge in [0.1, 0.15) is 0 Å². The van der Waals surface area contributed by atoms with Gasteiger partial charge in [0.2, 0.25) is 0 Å². The number of carbonyl (C=O) groups excluding carboxylic acids is 1. The average molecular weight is 428 g/mol. The first-order valence-electron chi connectivity index (χ1n) is 8.98. The van der Waals surface area contributed by atoms with Gasteiger partial charge in [-0.1, -0.05) is 84.4 Å². The summed E-state index contributed by atoms with van der Waals surface area (Å²) in [7, 11) is 0. The van der Waals surface area contributed by atoms with Crippen molar-refractivity contribution in [1.29, 1.82) is 0 Å². The van der Waals surface area contributed by atoms with Crippen LogP contribution >= 0.6 is 11.6 Å². The Labute approximate surface area is 177 Å². The summed E-state index contributed by atoms with van der Waals surface area (Å²) in [6.07, 6.45) is 0. The van der Waals surface area contributed by atoms with Crippen molar-refractivity contribution in [3.8, 4) is 0 Å². The van der Waals surface area contributed by atoms with Crippen LogP contribution in [0.2, 0.25) is 5.02 Å². The molecular weight excluding hydrogens is 408 g/mol. The van der Waals surface area contributed by atoms with Crippen molar-refractivity contribution in [2.75, 3.05) is 0 Å². The van der Waals surface area contributed by atoms with Gasteiger partial charge in [-0.05, 0) is 35.7 Å². The van der Waals surface area contributed by atoms with E-state index in [-0.39, 0.29) is 6.04 Å². The lowest BCUT2D eigenvalue weighted by atomic mass is 9.82. The van der Waals surface area contributed by atoms with Crippen LogP contribution in [-0.2, 0) is 21.6 Å². The maximum absolute atomic E-state index is 13.6. The van der Waals surface area contributed by atoms with Gasteiger partial charge in [-0.25, -0.2) is 4.72 Å². The van der Waals surface area contributed by atoms with Crippen LogP contribution in [0.3, 0.4) is 0 Å². The predicted octanol–water partition coefficient (Wildman–Crippen LogP) is 3.84. The summed E-state index contributed by atoms with van der Waals surface area (Å²) in [4.78, 5) is 13.6. The van der Waals surface area contributed by atoms with Crippen LogP contribution < -0.4 is 10.0 Å². The zero-order valence-electron chi connectivity index (χ0n) is 15.7. The Hall–Kier alpha value is -2.51. The van der Waals surface area contributed by atoms with Gasteiger partial charge in [0.05, 0.1) is 6.04 Å². The fraction of sp³-hybridized carbons (Fsp3) is 0.136. The van der Waals surface area contributed by atoms with E-state index in [4.69, 9.17) is 11.6 Å². The largest absolute Gasteiger partial charge is 0.760 e. The van der Waals surface area contributed by atoms with Gasteiger partial charge in [-0.2, -0.15) is 0 Å². The third-order valence-electron chi connectivity index (χ3n) is 4.71. The van der Waals surface area contributed by atoms with Gasteiger partial charge in [-0.3, -0.25) is 9.00 Å². The van der Waals surface area contributed by atoms with Crippen molar-refractivity contribution in [3.05, 3.63) is 107 Å². The minimum Gasteiger partial charge on any atom is -0.760 e. The number of nitrogens with one attached hydrogen (secondary N) is 2. The molecule has 3 atom stereocenters. The van der Waals surface area contributed by atoms with Gasteiger partial charge in [0.25, 0.3) is 5.91 Å². The Morgan fingerprint density at radius 3 is 2.00 bits per heavy atom. The Kier molecular flexibility index (Phi) is 6.82. The van der Waals surface area contributed by atoms with E-state index in [1.54, 1.807) is 54.6 Å². The van der Waals surface area contributed by atoms with E-state index in [1.807, 2.05) is 37.3 Å². The molecule has 0 aliphatic heterocycles. The molecular formula is C22H20ClN2O3S-. The van der Waals surface area contributed by atoms with E-state index in [0.29, 0.717) is 16.1 Å². The van der Waals surface area contributed by atoms with E-state index in [9.17, 15) is 13.6 Å². The van der Waals surface area contributed by atoms with E-state index in [2.05, 4.69) is 10.0 Å². The molecule has 5 nitrogen and oxygen atoms in total. The van der Waals surface area contributed by atoms with Gasteiger partial charge in [-0.15, -0.1) is 0 Å². The number of hydrogen-bond donors (Lipinski definition) is 2. The van der Waals surface area contributed by atoms with Crippen molar-refractivity contribution in [1.82, 2.24) is 10.0 Å². The first-order chi connectivity index (χ1) is 13.9. The maximum Gasteiger partial charge on any atom is 0.250 e. The van der Waals surface area contributed by atoms with Crippen LogP contribution in [0.1, 0.15) is 29.7 Å². The van der Waals surface area contributed by atoms with Crippen molar-refractivity contribution >= 4 is 28.8 Å². The lowest BCUT2D eigenvalue weighted by molar-refractivity contribution is -0.126. The Morgan fingerprint density at radius 1 is 0.931 bits per heavy atom. The highest BCUT2D eigenvalue weighted by molar-refractivity contribution is 7.77. The zero-order chi connectivity index (χ0) is 20.9. The van der Waals surface area contributed by atoms with E-state index in [0.717, 1.165) is 5.56 Å². The summed E-state index contributed by atoms with van der Waals surface area (Å²) in [5, 5.41) is 3.43. The molecule has 29 heavy (non-hydrogen) atoms. The second kappa shape index (κ2) is 9.33. The van der Waals surface area contributed by atoms with Crippen LogP contribution in [-0.4, -0.2) is 14.7 Å². The second-order valence-electron chi connectivity index (χ2n) is 6.57. The minimum absolute atomic E-state index is 0.332. The molecule has 0 saturated heterocycles. The molecule has 0 spiro atoms. The normalized spacial score (nSPS) is 15.1. The smallest absolute Gasteiger partial charge is 0.250 e. The van der Waals surface area contributed by atoms with Gasteiger partial charge in [0, 0.05) is 16.3 Å². The number of amides is 1. The van der Waals surface area contributed by atoms with Crippen molar-refractivity contribution in [3.63, 3.8) is 0 Å². The standard InChI is InChI=1S/C22H21ClN2O3S/c1-16(17-8-4-2-5-9-17)24-21(26)22(25-29(27)28,18-10-6-3-7-11-18)19-12-14-20(23)15-13-19/h2-16,25H,1H3,(H,24,26)(H,27,28)/p-1. The second-order valence-corrected chi connectivity index (χ2v) is 7.68. The van der Waals surface area contributed by atoms with E-state index < -0.39 is 22.7 Å². The molecule has 3 unspecified atom stereocenters. The van der Waals surface area contributed by atoms with Crippen molar-refractivity contribution < 1.29 is 13.6 Å². The lowest BCUT2D eigenvalue weighted by Crippen LogP contribution is -2.56. The monoisotopic (exact) mass is 427 g/mol. The molecule has 0 aliphatic rings. The average Bonchev–Trinajstić information content (AvgIpc) is 2.73. The Bertz CT molecular complexity index is 984. The molecule has 7 heteroatoms. The quantitative estimate of drug-likeness (QED) is 0.562. The van der Waals surface area contributed by atoms with Crippen LogP contribution in [0, 0.1) is 0 Å². The van der Waals surface area contributed by atoms with Crippen molar-refractivity contribution in [2.45, 2.75) is 18.5 Å². The molecule has 1 amide bonds. The molecule has 0 radical (unpaired) electrons. The SMILES string of the molecule is CC(NC(=O)C(NS(=O)[O-])(c1ccccc1)c1ccc(Cl)cc1)c1ccccc1. The lowest BCUT2D eigenvalue weighted by Gasteiger charge is -2.36. The zero-order valence-corrected chi connectivity index (χ0v) is 17.2. The molecule has 0 bridgehead atoms. The number of halogens is 1. The fourth-order valence-electron chi connectivity index (χ4n) is 3.24. The number of hydrogen-bond acceptors (Lipinski definition) is 3. The third-order valence-corrected chi connectivity index (χ3v) is 5.43. The molecule has 0 aromatic heterocycles. The predicted molar refractivity (Wildman–Crippen MR) is 114 cm³/mol. The van der Waals surface area contributed by atoms with Crippen molar-refractivity contribution in [2.24, 2.45) is 0 Å². The molecule has 0 aliphatic carbocycles. The van der Waals surface area contributed by atoms with E-state index in [1.165, 1.54) is 0 Å². The summed E-state index contributed by atoms with van der Waals surface area (Å²) in [5.74, 6) is -0.494. The van der Waals surface area contributed by atoms with Crippen LogP contribution in [0.5, 0.6) is 0 Å². The van der Waals surface area contributed by atoms with Gasteiger partial charge >= 0.3 is 0 Å². The van der Waals surface area contributed by atoms with Crippen LogP contribution in [0.4, 0.5) is 0 Å². The Morgan fingerprint density at radius 2 is 1.45 bits per heavy atom. The number of carbonyl (C=O) groups is 1. The Balaban J connectivity index is 2.11. The summed E-state index contributed by atoms with van der Waals surface area (Å²) in [6.45, 7) is 1.85. The molecule has 0 saturated carbocycles. The molecule has 3 aromatic rings. The summed E-state index contributed by atoms with van der Waals surface area (Å²) in [5.41, 5.74) is 0.197. The molecule has 3 rings (SSSR count). The molecule has 0 fully saturated rings. The fourth-order valence-corrected chi connectivity index (χ4v) is 3.94. The van der Waals surface area contributed by atoms with Crippen LogP contribution in [0.25, 0.3) is 0 Å².